The summed E-state index contributed by atoms with van der Waals surface area (Å²) in [6, 6.07) is 9.79. The molecule has 96 valence electrons. The lowest BCUT2D eigenvalue weighted by Crippen LogP contribution is -2.37. The zero-order valence-corrected chi connectivity index (χ0v) is 11.1. The van der Waals surface area contributed by atoms with Crippen LogP contribution in [0.3, 0.4) is 0 Å². The monoisotopic (exact) mass is 245 g/mol. The van der Waals surface area contributed by atoms with Crippen LogP contribution in [0, 0.1) is 0 Å². The van der Waals surface area contributed by atoms with E-state index in [0.29, 0.717) is 18.3 Å². The molecule has 0 fully saturated rings. The predicted molar refractivity (Wildman–Crippen MR) is 70.9 cm³/mol. The second-order valence-corrected chi connectivity index (χ2v) is 4.96. The number of benzene rings is 1. The van der Waals surface area contributed by atoms with Gasteiger partial charge in [0.15, 0.2) is 0 Å². The standard InChI is InChI=1S/C14H19N3O/c1-4-14(2,3)15-10-12-16-17-13(18-12)11-8-6-5-7-9-11/h5-9,15H,4,10H2,1-3H3. The normalized spacial score (nSPS) is 11.7. The minimum absolute atomic E-state index is 0.0847. The summed E-state index contributed by atoms with van der Waals surface area (Å²) in [5, 5.41) is 11.5. The van der Waals surface area contributed by atoms with Gasteiger partial charge in [0.1, 0.15) is 0 Å². The molecule has 18 heavy (non-hydrogen) atoms. The van der Waals surface area contributed by atoms with Crippen molar-refractivity contribution in [1.82, 2.24) is 15.5 Å². The third-order valence-electron chi connectivity index (χ3n) is 3.09. The van der Waals surface area contributed by atoms with Crippen LogP contribution in [-0.4, -0.2) is 15.7 Å². The smallest absolute Gasteiger partial charge is 0.247 e. The number of hydrogen-bond donors (Lipinski definition) is 1. The Hall–Kier alpha value is -1.68. The first-order valence-corrected chi connectivity index (χ1v) is 6.23. The van der Waals surface area contributed by atoms with E-state index in [1.165, 1.54) is 0 Å². The maximum Gasteiger partial charge on any atom is 0.247 e. The molecule has 0 aliphatic heterocycles. The van der Waals surface area contributed by atoms with Crippen molar-refractivity contribution >= 4 is 0 Å². The third-order valence-corrected chi connectivity index (χ3v) is 3.09. The second-order valence-electron chi connectivity index (χ2n) is 4.96. The molecule has 2 aromatic rings. The van der Waals surface area contributed by atoms with Gasteiger partial charge in [0.05, 0.1) is 6.54 Å². The molecule has 0 aliphatic carbocycles. The van der Waals surface area contributed by atoms with Crippen molar-refractivity contribution in [2.75, 3.05) is 0 Å². The lowest BCUT2D eigenvalue weighted by Gasteiger charge is -2.23. The van der Waals surface area contributed by atoms with Crippen LogP contribution in [0.1, 0.15) is 33.1 Å². The summed E-state index contributed by atoms with van der Waals surface area (Å²) >= 11 is 0. The molecule has 4 heteroatoms. The molecular formula is C14H19N3O. The molecule has 0 amide bonds. The SMILES string of the molecule is CCC(C)(C)NCc1nnc(-c2ccccc2)o1. The predicted octanol–water partition coefficient (Wildman–Crippen LogP) is 3.01. The maximum atomic E-state index is 5.62. The van der Waals surface area contributed by atoms with Crippen LogP contribution in [0.25, 0.3) is 11.5 Å². The molecule has 1 aromatic heterocycles. The van der Waals surface area contributed by atoms with Gasteiger partial charge >= 0.3 is 0 Å². The van der Waals surface area contributed by atoms with Crippen molar-refractivity contribution in [3.05, 3.63) is 36.2 Å². The first-order chi connectivity index (χ1) is 8.61. The van der Waals surface area contributed by atoms with Crippen LogP contribution in [0.15, 0.2) is 34.7 Å². The molecule has 0 atom stereocenters. The van der Waals surface area contributed by atoms with Crippen molar-refractivity contribution in [3.8, 4) is 11.5 Å². The number of hydrogen-bond acceptors (Lipinski definition) is 4. The quantitative estimate of drug-likeness (QED) is 0.879. The highest BCUT2D eigenvalue weighted by Gasteiger charge is 2.15. The summed E-state index contributed by atoms with van der Waals surface area (Å²) in [5.74, 6) is 1.19. The van der Waals surface area contributed by atoms with E-state index in [1.54, 1.807) is 0 Å². The van der Waals surface area contributed by atoms with Crippen LogP contribution in [0.2, 0.25) is 0 Å². The minimum Gasteiger partial charge on any atom is -0.419 e. The number of rotatable bonds is 5. The first kappa shape index (κ1) is 12.8. The van der Waals surface area contributed by atoms with E-state index in [4.69, 9.17) is 4.42 Å². The van der Waals surface area contributed by atoms with E-state index in [9.17, 15) is 0 Å². The zero-order chi connectivity index (χ0) is 13.0. The van der Waals surface area contributed by atoms with Gasteiger partial charge in [-0.25, -0.2) is 0 Å². The van der Waals surface area contributed by atoms with Crippen LogP contribution < -0.4 is 5.32 Å². The van der Waals surface area contributed by atoms with Crippen LogP contribution in [0.5, 0.6) is 0 Å². The van der Waals surface area contributed by atoms with E-state index in [1.807, 2.05) is 30.3 Å². The van der Waals surface area contributed by atoms with Crippen molar-refractivity contribution in [1.29, 1.82) is 0 Å². The third kappa shape index (κ3) is 3.17. The Balaban J connectivity index is 2.03. The Kier molecular flexibility index (Phi) is 3.77. The van der Waals surface area contributed by atoms with Gasteiger partial charge in [-0.1, -0.05) is 25.1 Å². The Morgan fingerprint density at radius 3 is 2.56 bits per heavy atom. The summed E-state index contributed by atoms with van der Waals surface area (Å²) < 4.78 is 5.62. The Labute approximate surface area is 107 Å². The molecule has 0 spiro atoms. The highest BCUT2D eigenvalue weighted by Crippen LogP contribution is 2.17. The molecule has 0 saturated carbocycles. The van der Waals surface area contributed by atoms with Crippen molar-refractivity contribution in [2.24, 2.45) is 0 Å². The summed E-state index contributed by atoms with van der Waals surface area (Å²) in [4.78, 5) is 0. The number of nitrogens with zero attached hydrogens (tertiary/aromatic N) is 2. The van der Waals surface area contributed by atoms with Crippen molar-refractivity contribution in [2.45, 2.75) is 39.3 Å². The van der Waals surface area contributed by atoms with E-state index in [2.05, 4.69) is 36.3 Å². The zero-order valence-electron chi connectivity index (χ0n) is 11.1. The largest absolute Gasteiger partial charge is 0.419 e. The van der Waals surface area contributed by atoms with Gasteiger partial charge in [0.2, 0.25) is 11.8 Å². The second kappa shape index (κ2) is 5.31. The van der Waals surface area contributed by atoms with Crippen molar-refractivity contribution in [3.63, 3.8) is 0 Å². The topological polar surface area (TPSA) is 51.0 Å². The van der Waals surface area contributed by atoms with Gasteiger partial charge in [0.25, 0.3) is 0 Å². The molecule has 1 N–H and O–H groups in total. The molecule has 0 bridgehead atoms. The minimum atomic E-state index is 0.0847. The highest BCUT2D eigenvalue weighted by molar-refractivity contribution is 5.51. The van der Waals surface area contributed by atoms with Gasteiger partial charge < -0.3 is 9.73 Å². The Morgan fingerprint density at radius 1 is 1.17 bits per heavy atom. The summed E-state index contributed by atoms with van der Waals surface area (Å²) in [5.41, 5.74) is 1.03. The summed E-state index contributed by atoms with van der Waals surface area (Å²) in [7, 11) is 0. The molecule has 4 nitrogen and oxygen atoms in total. The summed E-state index contributed by atoms with van der Waals surface area (Å²) in [6.07, 6.45) is 1.05. The van der Waals surface area contributed by atoms with E-state index < -0.39 is 0 Å². The molecule has 0 saturated heterocycles. The van der Waals surface area contributed by atoms with Crippen LogP contribution in [0.4, 0.5) is 0 Å². The van der Waals surface area contributed by atoms with Gasteiger partial charge in [-0.05, 0) is 32.4 Å². The molecule has 1 heterocycles. The fourth-order valence-corrected chi connectivity index (χ4v) is 1.46. The maximum absolute atomic E-state index is 5.62. The van der Waals surface area contributed by atoms with Crippen LogP contribution >= 0.6 is 0 Å². The lowest BCUT2D eigenvalue weighted by molar-refractivity contribution is 0.348. The van der Waals surface area contributed by atoms with E-state index in [-0.39, 0.29) is 5.54 Å². The Bertz CT molecular complexity index is 491. The van der Waals surface area contributed by atoms with Crippen LogP contribution in [-0.2, 0) is 6.54 Å². The molecular weight excluding hydrogens is 226 g/mol. The average Bonchev–Trinajstić information content (AvgIpc) is 2.86. The fourth-order valence-electron chi connectivity index (χ4n) is 1.46. The first-order valence-electron chi connectivity index (χ1n) is 6.23. The Morgan fingerprint density at radius 2 is 1.89 bits per heavy atom. The van der Waals surface area contributed by atoms with Gasteiger partial charge in [0, 0.05) is 11.1 Å². The van der Waals surface area contributed by atoms with E-state index in [0.717, 1.165) is 12.0 Å². The average molecular weight is 245 g/mol. The van der Waals surface area contributed by atoms with Gasteiger partial charge in [-0.2, -0.15) is 0 Å². The molecule has 2 rings (SSSR count). The number of aromatic nitrogens is 2. The number of nitrogens with one attached hydrogen (secondary N) is 1. The van der Waals surface area contributed by atoms with Gasteiger partial charge in [-0.15, -0.1) is 10.2 Å². The summed E-state index contributed by atoms with van der Waals surface area (Å²) in [6.45, 7) is 7.06. The molecule has 0 aliphatic rings. The van der Waals surface area contributed by atoms with E-state index >= 15 is 0 Å². The lowest BCUT2D eigenvalue weighted by atomic mass is 10.0. The molecule has 0 unspecified atom stereocenters. The van der Waals surface area contributed by atoms with Crippen molar-refractivity contribution < 1.29 is 4.42 Å². The van der Waals surface area contributed by atoms with Gasteiger partial charge in [-0.3, -0.25) is 0 Å². The molecule has 0 radical (unpaired) electrons. The fraction of sp³-hybridized carbons (Fsp3) is 0.429. The molecule has 1 aromatic carbocycles. The highest BCUT2D eigenvalue weighted by atomic mass is 16.4.